The number of aromatic amines is 1. The van der Waals surface area contributed by atoms with Crippen LogP contribution >= 0.6 is 12.6 Å². The number of amides is 3. The van der Waals surface area contributed by atoms with E-state index in [1.54, 1.807) is 6.20 Å². The zero-order chi connectivity index (χ0) is 26.0. The van der Waals surface area contributed by atoms with E-state index in [4.69, 9.17) is 11.5 Å². The third-order valence-corrected chi connectivity index (χ3v) is 5.95. The van der Waals surface area contributed by atoms with Crippen LogP contribution in [0.2, 0.25) is 0 Å². The highest BCUT2D eigenvalue weighted by Gasteiger charge is 2.28. The molecule has 3 amide bonds. The van der Waals surface area contributed by atoms with Crippen LogP contribution in [0.1, 0.15) is 31.7 Å². The number of carbonyl (C=O) groups excluding carboxylic acids is 3. The van der Waals surface area contributed by atoms with E-state index in [2.05, 4.69) is 33.6 Å². The molecule has 0 radical (unpaired) electrons. The van der Waals surface area contributed by atoms with Crippen molar-refractivity contribution in [2.24, 2.45) is 11.5 Å². The third kappa shape index (κ3) is 8.26. The van der Waals surface area contributed by atoms with Gasteiger partial charge in [0.15, 0.2) is 0 Å². The van der Waals surface area contributed by atoms with E-state index in [0.717, 1.165) is 22.9 Å². The first-order chi connectivity index (χ1) is 16.7. The molecule has 1 aromatic heterocycles. The normalized spacial score (nSPS) is 14.5. The SMILES string of the molecule is CC(NC(=O)C(N)CCCCN)C(=O)NC(CS)C(=O)NC(Cc1c[nH]c2ccccc12)C(=O)O. The van der Waals surface area contributed by atoms with Gasteiger partial charge in [-0.15, -0.1) is 0 Å². The fourth-order valence-electron chi connectivity index (χ4n) is 3.51. The largest absolute Gasteiger partial charge is 0.480 e. The maximum Gasteiger partial charge on any atom is 0.326 e. The van der Waals surface area contributed by atoms with E-state index in [1.165, 1.54) is 6.92 Å². The lowest BCUT2D eigenvalue weighted by atomic mass is 10.0. The van der Waals surface area contributed by atoms with Crippen molar-refractivity contribution in [1.82, 2.24) is 20.9 Å². The lowest BCUT2D eigenvalue weighted by Crippen LogP contribution is -2.57. The van der Waals surface area contributed by atoms with Crippen molar-refractivity contribution in [3.63, 3.8) is 0 Å². The van der Waals surface area contributed by atoms with Crippen LogP contribution in [-0.4, -0.2) is 70.2 Å². The van der Waals surface area contributed by atoms with Crippen molar-refractivity contribution in [2.45, 2.75) is 56.8 Å². The maximum atomic E-state index is 12.8. The number of nitrogens with two attached hydrogens (primary N) is 2. The number of unbranched alkanes of at least 4 members (excludes halogenated alkanes) is 1. The molecular weight excluding hydrogens is 472 g/mol. The Kier molecular flexibility index (Phi) is 11.0. The summed E-state index contributed by atoms with van der Waals surface area (Å²) in [5, 5.41) is 18.0. The van der Waals surface area contributed by atoms with Crippen LogP contribution in [-0.2, 0) is 25.6 Å². The Hall–Kier alpha value is -3.09. The second-order valence-electron chi connectivity index (χ2n) is 8.33. The molecule has 0 saturated heterocycles. The van der Waals surface area contributed by atoms with Gasteiger partial charge in [0.2, 0.25) is 17.7 Å². The van der Waals surface area contributed by atoms with Crippen molar-refractivity contribution in [3.8, 4) is 0 Å². The Morgan fingerprint density at radius 1 is 1.03 bits per heavy atom. The zero-order valence-electron chi connectivity index (χ0n) is 19.6. The van der Waals surface area contributed by atoms with Gasteiger partial charge in [0.25, 0.3) is 0 Å². The molecule has 4 unspecified atom stereocenters. The maximum absolute atomic E-state index is 12.8. The van der Waals surface area contributed by atoms with Crippen molar-refractivity contribution in [3.05, 3.63) is 36.0 Å². The summed E-state index contributed by atoms with van der Waals surface area (Å²) >= 11 is 4.11. The first kappa shape index (κ1) is 28.1. The van der Waals surface area contributed by atoms with Gasteiger partial charge >= 0.3 is 5.97 Å². The molecule has 1 heterocycles. The molecule has 0 aliphatic carbocycles. The summed E-state index contributed by atoms with van der Waals surface area (Å²) in [5.41, 5.74) is 12.9. The molecule has 0 bridgehead atoms. The van der Waals surface area contributed by atoms with Crippen molar-refractivity contribution in [1.29, 1.82) is 0 Å². The minimum Gasteiger partial charge on any atom is -0.480 e. The van der Waals surface area contributed by atoms with Crippen molar-refractivity contribution in [2.75, 3.05) is 12.3 Å². The number of carboxylic acids is 1. The van der Waals surface area contributed by atoms with Gasteiger partial charge in [-0.2, -0.15) is 12.6 Å². The number of para-hydroxylation sites is 1. The minimum absolute atomic E-state index is 0.0484. The van der Waals surface area contributed by atoms with Gasteiger partial charge in [-0.25, -0.2) is 4.79 Å². The van der Waals surface area contributed by atoms with Gasteiger partial charge < -0.3 is 37.5 Å². The van der Waals surface area contributed by atoms with Crippen LogP contribution in [0, 0.1) is 0 Å². The fourth-order valence-corrected chi connectivity index (χ4v) is 3.77. The van der Waals surface area contributed by atoms with E-state index >= 15 is 0 Å². The number of fused-ring (bicyclic) bond motifs is 1. The number of H-pyrrole nitrogens is 1. The molecule has 0 aliphatic rings. The molecule has 0 saturated carbocycles. The molecule has 0 aliphatic heterocycles. The molecule has 4 atom stereocenters. The molecule has 9 N–H and O–H groups in total. The number of hydrogen-bond donors (Lipinski definition) is 8. The van der Waals surface area contributed by atoms with Crippen LogP contribution in [0.4, 0.5) is 0 Å². The Bertz CT molecular complexity index is 1030. The molecule has 0 spiro atoms. The second kappa shape index (κ2) is 13.7. The highest BCUT2D eigenvalue weighted by molar-refractivity contribution is 7.80. The number of carbonyl (C=O) groups is 4. The standard InChI is InChI=1S/C23H34N6O5S/c1-13(27-21(31)16(25)7-4-5-9-24)20(30)29-19(12-35)22(32)28-18(23(33)34)10-14-11-26-17-8-3-2-6-15(14)17/h2-3,6,8,11,13,16,18-19,26,35H,4-5,7,9-10,12,24-25H2,1H3,(H,27,31)(H,28,32)(H,29,30)(H,33,34). The quantitative estimate of drug-likeness (QED) is 0.127. The van der Waals surface area contributed by atoms with Crippen LogP contribution in [0.5, 0.6) is 0 Å². The van der Waals surface area contributed by atoms with E-state index in [-0.39, 0.29) is 12.2 Å². The van der Waals surface area contributed by atoms with Gasteiger partial charge in [-0.1, -0.05) is 24.6 Å². The first-order valence-corrected chi connectivity index (χ1v) is 12.1. The summed E-state index contributed by atoms with van der Waals surface area (Å²) in [6.45, 7) is 1.97. The second-order valence-corrected chi connectivity index (χ2v) is 8.69. The van der Waals surface area contributed by atoms with Gasteiger partial charge in [0.1, 0.15) is 18.1 Å². The number of hydrogen-bond acceptors (Lipinski definition) is 7. The highest BCUT2D eigenvalue weighted by atomic mass is 32.1. The summed E-state index contributed by atoms with van der Waals surface area (Å²) in [5.74, 6) is -3.09. The summed E-state index contributed by atoms with van der Waals surface area (Å²) in [6.07, 6.45) is 3.62. The molecule has 2 rings (SSSR count). The molecule has 11 nitrogen and oxygen atoms in total. The first-order valence-electron chi connectivity index (χ1n) is 11.4. The van der Waals surface area contributed by atoms with E-state index < -0.39 is 47.9 Å². The zero-order valence-corrected chi connectivity index (χ0v) is 20.5. The molecule has 0 fully saturated rings. The van der Waals surface area contributed by atoms with Gasteiger partial charge in [-0.3, -0.25) is 14.4 Å². The molecule has 1 aromatic carbocycles. The Labute approximate surface area is 209 Å². The Morgan fingerprint density at radius 2 is 1.71 bits per heavy atom. The number of aliphatic carboxylic acids is 1. The number of aromatic nitrogens is 1. The number of carboxylic acid groups (broad SMARTS) is 1. The Balaban J connectivity index is 1.95. The predicted octanol–water partition coefficient (Wildman–Crippen LogP) is -0.345. The highest BCUT2D eigenvalue weighted by Crippen LogP contribution is 2.19. The average Bonchev–Trinajstić information content (AvgIpc) is 3.24. The van der Waals surface area contributed by atoms with E-state index in [0.29, 0.717) is 19.4 Å². The summed E-state index contributed by atoms with van der Waals surface area (Å²) in [4.78, 5) is 52.4. The van der Waals surface area contributed by atoms with Crippen LogP contribution in [0.15, 0.2) is 30.5 Å². The molecule has 192 valence electrons. The smallest absolute Gasteiger partial charge is 0.326 e. The summed E-state index contributed by atoms with van der Waals surface area (Å²) in [6, 6.07) is 3.37. The lowest BCUT2D eigenvalue weighted by Gasteiger charge is -2.22. The summed E-state index contributed by atoms with van der Waals surface area (Å²) in [7, 11) is 0. The minimum atomic E-state index is -1.22. The molecule has 35 heavy (non-hydrogen) atoms. The van der Waals surface area contributed by atoms with Crippen LogP contribution in [0.3, 0.4) is 0 Å². The predicted molar refractivity (Wildman–Crippen MR) is 136 cm³/mol. The summed E-state index contributed by atoms with van der Waals surface area (Å²) < 4.78 is 0. The number of nitrogens with one attached hydrogen (secondary N) is 4. The van der Waals surface area contributed by atoms with Crippen molar-refractivity contribution >= 4 is 47.2 Å². The van der Waals surface area contributed by atoms with Crippen LogP contribution in [0.25, 0.3) is 10.9 Å². The number of rotatable bonds is 14. The lowest BCUT2D eigenvalue weighted by molar-refractivity contribution is -0.142. The van der Waals surface area contributed by atoms with Gasteiger partial charge in [0, 0.05) is 29.3 Å². The van der Waals surface area contributed by atoms with Crippen LogP contribution < -0.4 is 27.4 Å². The van der Waals surface area contributed by atoms with Gasteiger partial charge in [-0.05, 0) is 37.9 Å². The number of benzene rings is 1. The molecular formula is C23H34N6O5S. The van der Waals surface area contributed by atoms with Gasteiger partial charge in [0.05, 0.1) is 6.04 Å². The molecule has 2 aromatic rings. The third-order valence-electron chi connectivity index (χ3n) is 5.59. The fraction of sp³-hybridized carbons (Fsp3) is 0.478. The van der Waals surface area contributed by atoms with Crippen molar-refractivity contribution < 1.29 is 24.3 Å². The molecule has 12 heteroatoms. The van der Waals surface area contributed by atoms with E-state index in [1.807, 2.05) is 24.3 Å². The van der Waals surface area contributed by atoms with E-state index in [9.17, 15) is 24.3 Å². The Morgan fingerprint density at radius 3 is 2.37 bits per heavy atom. The number of thiol groups is 1. The topological polar surface area (TPSA) is 192 Å². The average molecular weight is 507 g/mol. The monoisotopic (exact) mass is 506 g/mol.